The summed E-state index contributed by atoms with van der Waals surface area (Å²) in [4.78, 5) is 4.54. The summed E-state index contributed by atoms with van der Waals surface area (Å²) in [6, 6.07) is 0.999. The topological polar surface area (TPSA) is 34.1 Å². The highest BCUT2D eigenvalue weighted by molar-refractivity contribution is 7.09. The second kappa shape index (κ2) is 5.94. The molecule has 0 spiro atoms. The van der Waals surface area contributed by atoms with Gasteiger partial charge in [0, 0.05) is 24.2 Å². The summed E-state index contributed by atoms with van der Waals surface area (Å²) in [5.74, 6) is 0. The molecule has 96 valence electrons. The molecular formula is C13H22N2OS. The molecule has 1 saturated carbocycles. The van der Waals surface area contributed by atoms with Gasteiger partial charge in [-0.3, -0.25) is 0 Å². The molecule has 0 saturated heterocycles. The van der Waals surface area contributed by atoms with E-state index in [1.807, 2.05) is 7.11 Å². The van der Waals surface area contributed by atoms with E-state index in [1.165, 1.54) is 30.7 Å². The third kappa shape index (κ3) is 3.50. The van der Waals surface area contributed by atoms with Gasteiger partial charge in [0.25, 0.3) is 0 Å². The van der Waals surface area contributed by atoms with Crippen molar-refractivity contribution in [3.8, 4) is 0 Å². The fraction of sp³-hybridized carbons (Fsp3) is 0.769. The molecule has 0 aliphatic heterocycles. The van der Waals surface area contributed by atoms with E-state index in [0.717, 1.165) is 5.69 Å². The molecule has 1 heterocycles. The lowest BCUT2D eigenvalue weighted by Crippen LogP contribution is -2.36. The van der Waals surface area contributed by atoms with Crippen LogP contribution in [0.2, 0.25) is 0 Å². The quantitative estimate of drug-likeness (QED) is 0.896. The molecule has 2 rings (SSSR count). The second-order valence-electron chi connectivity index (χ2n) is 4.92. The van der Waals surface area contributed by atoms with Crippen molar-refractivity contribution >= 4 is 11.3 Å². The molecule has 1 aliphatic rings. The molecule has 1 fully saturated rings. The normalized spacial score (nSPS) is 27.0. The van der Waals surface area contributed by atoms with Crippen LogP contribution in [0.4, 0.5) is 0 Å². The minimum absolute atomic E-state index is 0.373. The van der Waals surface area contributed by atoms with Crippen molar-refractivity contribution in [3.63, 3.8) is 0 Å². The highest BCUT2D eigenvalue weighted by Crippen LogP contribution is 2.24. The lowest BCUT2D eigenvalue weighted by Gasteiger charge is -2.30. The van der Waals surface area contributed by atoms with Crippen molar-refractivity contribution in [3.05, 3.63) is 16.1 Å². The number of aromatic nitrogens is 1. The van der Waals surface area contributed by atoms with E-state index in [-0.39, 0.29) is 0 Å². The number of hydrogen-bond donors (Lipinski definition) is 1. The van der Waals surface area contributed by atoms with Crippen LogP contribution in [0.1, 0.15) is 49.4 Å². The predicted molar refractivity (Wildman–Crippen MR) is 71.5 cm³/mol. The Morgan fingerprint density at radius 1 is 1.41 bits per heavy atom. The fourth-order valence-electron chi connectivity index (χ4n) is 2.46. The molecule has 1 unspecified atom stereocenters. The molecule has 0 bridgehead atoms. The summed E-state index contributed by atoms with van der Waals surface area (Å²) in [5.41, 5.74) is 1.13. The smallest absolute Gasteiger partial charge is 0.110 e. The average Bonchev–Trinajstić information content (AvgIpc) is 2.77. The predicted octanol–water partition coefficient (Wildman–Crippen LogP) is 3.06. The van der Waals surface area contributed by atoms with Gasteiger partial charge in [-0.2, -0.15) is 0 Å². The maximum atomic E-state index is 5.39. The monoisotopic (exact) mass is 254 g/mol. The first kappa shape index (κ1) is 13.0. The molecule has 1 aromatic rings. The number of methoxy groups -OCH3 is 1. The van der Waals surface area contributed by atoms with Crippen LogP contribution in [0.3, 0.4) is 0 Å². The third-order valence-corrected chi connectivity index (χ3v) is 4.65. The second-order valence-corrected chi connectivity index (χ2v) is 5.81. The average molecular weight is 254 g/mol. The summed E-state index contributed by atoms with van der Waals surface area (Å²) in [6.07, 6.45) is 5.26. The van der Waals surface area contributed by atoms with Gasteiger partial charge >= 0.3 is 0 Å². The number of nitrogens with zero attached hydrogens (tertiary/aromatic N) is 1. The van der Waals surface area contributed by atoms with Gasteiger partial charge in [0.1, 0.15) is 5.01 Å². The molecule has 1 atom stereocenters. The van der Waals surface area contributed by atoms with E-state index in [0.29, 0.717) is 18.2 Å². The number of ether oxygens (including phenoxy) is 1. The van der Waals surface area contributed by atoms with Gasteiger partial charge < -0.3 is 10.1 Å². The Bertz CT molecular complexity index is 345. The summed E-state index contributed by atoms with van der Waals surface area (Å²) < 4.78 is 5.39. The highest BCUT2D eigenvalue weighted by atomic mass is 32.1. The van der Waals surface area contributed by atoms with E-state index >= 15 is 0 Å². The van der Waals surface area contributed by atoms with Crippen LogP contribution in [0, 0.1) is 6.92 Å². The Kier molecular flexibility index (Phi) is 4.54. The Hall–Kier alpha value is -0.450. The maximum absolute atomic E-state index is 5.39. The van der Waals surface area contributed by atoms with E-state index in [9.17, 15) is 0 Å². The first-order valence-electron chi connectivity index (χ1n) is 6.40. The number of thiazole rings is 1. The third-order valence-electron chi connectivity index (χ3n) is 3.50. The Labute approximate surface area is 108 Å². The molecule has 1 N–H and O–H groups in total. The van der Waals surface area contributed by atoms with Crippen LogP contribution in [0.5, 0.6) is 0 Å². The van der Waals surface area contributed by atoms with E-state index in [1.54, 1.807) is 11.3 Å². The van der Waals surface area contributed by atoms with Gasteiger partial charge in [-0.25, -0.2) is 4.98 Å². The van der Waals surface area contributed by atoms with Crippen molar-refractivity contribution in [1.29, 1.82) is 0 Å². The lowest BCUT2D eigenvalue weighted by atomic mass is 9.92. The molecule has 17 heavy (non-hydrogen) atoms. The molecule has 3 nitrogen and oxygen atoms in total. The van der Waals surface area contributed by atoms with Crippen molar-refractivity contribution in [2.24, 2.45) is 0 Å². The summed E-state index contributed by atoms with van der Waals surface area (Å²) in [5, 5.41) is 7.01. The number of rotatable bonds is 4. The molecular weight excluding hydrogens is 232 g/mol. The highest BCUT2D eigenvalue weighted by Gasteiger charge is 2.22. The minimum atomic E-state index is 0.373. The van der Waals surface area contributed by atoms with Crippen molar-refractivity contribution in [2.75, 3.05) is 7.11 Å². The van der Waals surface area contributed by atoms with Crippen LogP contribution in [0.15, 0.2) is 5.38 Å². The fourth-order valence-corrected chi connectivity index (χ4v) is 3.27. The molecule has 1 aliphatic carbocycles. The van der Waals surface area contributed by atoms with Crippen molar-refractivity contribution in [1.82, 2.24) is 10.3 Å². The van der Waals surface area contributed by atoms with Gasteiger partial charge in [0.15, 0.2) is 0 Å². The van der Waals surface area contributed by atoms with E-state index in [4.69, 9.17) is 4.74 Å². The lowest BCUT2D eigenvalue weighted by molar-refractivity contribution is 0.0614. The van der Waals surface area contributed by atoms with E-state index < -0.39 is 0 Å². The Morgan fingerprint density at radius 3 is 2.65 bits per heavy atom. The Balaban J connectivity index is 1.81. The van der Waals surface area contributed by atoms with Crippen molar-refractivity contribution < 1.29 is 4.74 Å². The van der Waals surface area contributed by atoms with Crippen LogP contribution in [0.25, 0.3) is 0 Å². The first-order chi connectivity index (χ1) is 8.19. The first-order valence-corrected chi connectivity index (χ1v) is 7.28. The SMILES string of the molecule is COC1CCC(NC(C)c2nc(C)cs2)CC1. The van der Waals surface area contributed by atoms with Gasteiger partial charge in [0.05, 0.1) is 12.1 Å². The van der Waals surface area contributed by atoms with Crippen LogP contribution in [-0.4, -0.2) is 24.2 Å². The molecule has 0 amide bonds. The molecule has 0 radical (unpaired) electrons. The number of aryl methyl sites for hydroxylation is 1. The van der Waals surface area contributed by atoms with E-state index in [2.05, 4.69) is 29.5 Å². The number of nitrogens with one attached hydrogen (secondary N) is 1. The zero-order valence-electron chi connectivity index (χ0n) is 10.9. The molecule has 0 aromatic carbocycles. The molecule has 4 heteroatoms. The maximum Gasteiger partial charge on any atom is 0.110 e. The largest absolute Gasteiger partial charge is 0.381 e. The van der Waals surface area contributed by atoms with Gasteiger partial charge in [-0.05, 0) is 39.5 Å². The zero-order chi connectivity index (χ0) is 12.3. The molecule has 1 aromatic heterocycles. The van der Waals surface area contributed by atoms with Crippen LogP contribution < -0.4 is 5.32 Å². The van der Waals surface area contributed by atoms with Crippen molar-refractivity contribution in [2.45, 2.75) is 57.7 Å². The summed E-state index contributed by atoms with van der Waals surface area (Å²) in [7, 11) is 1.82. The zero-order valence-corrected chi connectivity index (χ0v) is 11.7. The summed E-state index contributed by atoms with van der Waals surface area (Å²) >= 11 is 1.75. The van der Waals surface area contributed by atoms with Gasteiger partial charge in [-0.1, -0.05) is 0 Å². The van der Waals surface area contributed by atoms with Crippen LogP contribution >= 0.6 is 11.3 Å². The van der Waals surface area contributed by atoms with Crippen LogP contribution in [-0.2, 0) is 4.74 Å². The summed E-state index contributed by atoms with van der Waals surface area (Å²) in [6.45, 7) is 4.26. The van der Waals surface area contributed by atoms with Gasteiger partial charge in [-0.15, -0.1) is 11.3 Å². The Morgan fingerprint density at radius 2 is 2.12 bits per heavy atom. The minimum Gasteiger partial charge on any atom is -0.381 e. The number of hydrogen-bond acceptors (Lipinski definition) is 4. The standard InChI is InChI=1S/C13H22N2OS/c1-9-8-17-13(14-9)10(2)15-11-4-6-12(16-3)7-5-11/h8,10-12,15H,4-7H2,1-3H3. The van der Waals surface area contributed by atoms with Gasteiger partial charge in [0.2, 0.25) is 0 Å².